The molecule has 0 aliphatic carbocycles. The van der Waals surface area contributed by atoms with Crippen LogP contribution in [-0.4, -0.2) is 68.0 Å². The fourth-order valence-corrected chi connectivity index (χ4v) is 4.30. The monoisotopic (exact) mass is 515 g/mol. The smallest absolute Gasteiger partial charge is 0.413 e. The number of carbonyl (C=O) groups excluding carboxylic acids is 1. The van der Waals surface area contributed by atoms with Crippen molar-refractivity contribution in [3.63, 3.8) is 0 Å². The van der Waals surface area contributed by atoms with Crippen LogP contribution < -0.4 is 16.0 Å². The minimum atomic E-state index is -1.40. The molecule has 0 saturated carbocycles. The number of halogens is 1. The fraction of sp³-hybridized carbons (Fsp3) is 0.458. The lowest BCUT2D eigenvalue weighted by atomic mass is 10.0. The Morgan fingerprint density at radius 3 is 2.65 bits per heavy atom. The van der Waals surface area contributed by atoms with Crippen molar-refractivity contribution in [1.82, 2.24) is 19.5 Å². The molecule has 1 fully saturated rings. The molecule has 0 bridgehead atoms. The van der Waals surface area contributed by atoms with E-state index in [-0.39, 0.29) is 31.9 Å². The van der Waals surface area contributed by atoms with E-state index in [2.05, 4.69) is 20.3 Å². The Kier molecular flexibility index (Phi) is 7.02. The molecule has 1 atom stereocenters. The number of benzene rings is 1. The molecule has 12 nitrogen and oxygen atoms in total. The fourth-order valence-electron chi connectivity index (χ4n) is 4.30. The van der Waals surface area contributed by atoms with Gasteiger partial charge in [0.1, 0.15) is 23.3 Å². The molecule has 1 amide bonds. The van der Waals surface area contributed by atoms with Crippen molar-refractivity contribution in [3.8, 4) is 0 Å². The van der Waals surface area contributed by atoms with Crippen LogP contribution in [0.2, 0.25) is 0 Å². The molecule has 1 saturated heterocycles. The molecule has 0 unspecified atom stereocenters. The number of fused-ring (bicyclic) bond motifs is 1. The van der Waals surface area contributed by atoms with E-state index >= 15 is 0 Å². The Hall–Kier alpha value is -3.84. The Labute approximate surface area is 212 Å². The number of carboxylic acids is 1. The van der Waals surface area contributed by atoms with E-state index in [0.29, 0.717) is 34.5 Å². The van der Waals surface area contributed by atoms with Gasteiger partial charge in [0.15, 0.2) is 17.0 Å². The van der Waals surface area contributed by atoms with Crippen molar-refractivity contribution in [2.75, 3.05) is 30.4 Å². The minimum absolute atomic E-state index is 0.00259. The van der Waals surface area contributed by atoms with Crippen LogP contribution in [0.3, 0.4) is 0 Å². The number of ether oxygens (including phenoxy) is 2. The maximum Gasteiger partial charge on any atom is 0.413 e. The Balaban J connectivity index is 1.71. The number of imidazole rings is 1. The number of rotatable bonds is 7. The second kappa shape index (κ2) is 9.90. The maximum atomic E-state index is 14.9. The third kappa shape index (κ3) is 5.47. The molecule has 0 radical (unpaired) electrons. The van der Waals surface area contributed by atoms with Crippen LogP contribution in [0.15, 0.2) is 24.8 Å². The summed E-state index contributed by atoms with van der Waals surface area (Å²) in [5, 5.41) is 12.2. The van der Waals surface area contributed by atoms with Crippen molar-refractivity contribution in [3.05, 3.63) is 41.7 Å². The van der Waals surface area contributed by atoms with E-state index < -0.39 is 29.0 Å². The van der Waals surface area contributed by atoms with Crippen molar-refractivity contribution in [2.45, 2.75) is 51.5 Å². The molecule has 198 valence electrons. The van der Waals surface area contributed by atoms with Crippen LogP contribution >= 0.6 is 0 Å². The summed E-state index contributed by atoms with van der Waals surface area (Å²) in [6.45, 7) is 5.85. The first-order chi connectivity index (χ1) is 17.4. The number of hydrogen-bond acceptors (Lipinski definition) is 9. The van der Waals surface area contributed by atoms with Crippen LogP contribution in [-0.2, 0) is 27.4 Å². The van der Waals surface area contributed by atoms with Crippen molar-refractivity contribution >= 4 is 34.7 Å². The van der Waals surface area contributed by atoms with Crippen molar-refractivity contribution < 1.29 is 28.6 Å². The van der Waals surface area contributed by atoms with E-state index in [1.54, 1.807) is 31.4 Å². The molecule has 4 N–H and O–H groups in total. The number of aromatic nitrogens is 4. The highest BCUT2D eigenvalue weighted by molar-refractivity contribution is 5.93. The summed E-state index contributed by atoms with van der Waals surface area (Å²) in [7, 11) is 1.47. The van der Waals surface area contributed by atoms with Gasteiger partial charge in [-0.1, -0.05) is 0 Å². The molecule has 13 heteroatoms. The lowest BCUT2D eigenvalue weighted by Gasteiger charge is -2.26. The van der Waals surface area contributed by atoms with Gasteiger partial charge in [0.05, 0.1) is 19.5 Å². The average molecular weight is 516 g/mol. The first-order valence-electron chi connectivity index (χ1n) is 11.6. The number of anilines is 2. The van der Waals surface area contributed by atoms with Crippen LogP contribution in [0, 0.1) is 5.82 Å². The zero-order valence-electron chi connectivity index (χ0n) is 21.1. The lowest BCUT2D eigenvalue weighted by Crippen LogP contribution is -2.50. The minimum Gasteiger partial charge on any atom is -0.480 e. The molecule has 0 spiro atoms. The summed E-state index contributed by atoms with van der Waals surface area (Å²) in [5.74, 6) is -1.37. The van der Waals surface area contributed by atoms with E-state index in [1.165, 1.54) is 25.8 Å². The number of methoxy groups -OCH3 is 1. The topological polar surface area (TPSA) is 158 Å². The van der Waals surface area contributed by atoms with E-state index in [0.717, 1.165) is 0 Å². The molecule has 37 heavy (non-hydrogen) atoms. The third-order valence-corrected chi connectivity index (χ3v) is 6.05. The molecular weight excluding hydrogens is 485 g/mol. The molecular formula is C24H30FN7O5. The Morgan fingerprint density at radius 2 is 2.00 bits per heavy atom. The van der Waals surface area contributed by atoms with Gasteiger partial charge in [0.25, 0.3) is 0 Å². The van der Waals surface area contributed by atoms with Gasteiger partial charge in [0.2, 0.25) is 0 Å². The van der Waals surface area contributed by atoms with Gasteiger partial charge >= 0.3 is 12.1 Å². The second-order valence-electron chi connectivity index (χ2n) is 9.98. The van der Waals surface area contributed by atoms with E-state index in [1.807, 2.05) is 4.90 Å². The number of nitrogens with zero attached hydrogens (tertiary/aromatic N) is 5. The Bertz CT molecular complexity index is 1340. The van der Waals surface area contributed by atoms with Crippen LogP contribution in [0.25, 0.3) is 11.2 Å². The molecule has 1 aliphatic heterocycles. The van der Waals surface area contributed by atoms with E-state index in [4.69, 9.17) is 15.2 Å². The van der Waals surface area contributed by atoms with Gasteiger partial charge in [-0.3, -0.25) is 10.1 Å². The van der Waals surface area contributed by atoms with Gasteiger partial charge in [-0.2, -0.15) is 0 Å². The predicted molar refractivity (Wildman–Crippen MR) is 133 cm³/mol. The van der Waals surface area contributed by atoms with E-state index in [9.17, 15) is 19.1 Å². The zero-order valence-corrected chi connectivity index (χ0v) is 21.1. The maximum absolute atomic E-state index is 14.9. The first kappa shape index (κ1) is 26.2. The van der Waals surface area contributed by atoms with Gasteiger partial charge in [-0.15, -0.1) is 0 Å². The standard InChI is InChI=1S/C24H30FN7O5/c1-23(2,3)37-22(35)30-19-18-20(28-12-27-19)32(13-29-18)9-14-15(10-36-4)16(25)5-6-17(14)31-8-7-24(26,11-31)21(33)34/h5-6,12-13H,7-11,26H2,1-4H3,(H,33,34)(H,27,28,30,35)/t24-/m1/s1. The predicted octanol–water partition coefficient (Wildman–Crippen LogP) is 2.50. The third-order valence-electron chi connectivity index (χ3n) is 6.05. The number of nitrogens with one attached hydrogen (secondary N) is 1. The Morgan fingerprint density at radius 1 is 1.24 bits per heavy atom. The largest absolute Gasteiger partial charge is 0.480 e. The van der Waals surface area contributed by atoms with Gasteiger partial charge in [-0.05, 0) is 39.3 Å². The molecule has 1 aromatic carbocycles. The van der Waals surface area contributed by atoms with Crippen LogP contribution in [0.1, 0.15) is 38.3 Å². The summed E-state index contributed by atoms with van der Waals surface area (Å²) in [5.41, 5.74) is 6.28. The molecule has 4 rings (SSSR count). The highest BCUT2D eigenvalue weighted by Gasteiger charge is 2.42. The van der Waals surface area contributed by atoms with Crippen LogP contribution in [0.5, 0.6) is 0 Å². The quantitative estimate of drug-likeness (QED) is 0.427. The highest BCUT2D eigenvalue weighted by Crippen LogP contribution is 2.33. The molecule has 2 aromatic heterocycles. The van der Waals surface area contributed by atoms with Crippen molar-refractivity contribution in [1.29, 1.82) is 0 Å². The van der Waals surface area contributed by atoms with Gasteiger partial charge in [-0.25, -0.2) is 24.1 Å². The summed E-state index contributed by atoms with van der Waals surface area (Å²) in [6, 6.07) is 2.95. The normalized spacial score (nSPS) is 17.8. The number of carboxylic acid groups (broad SMARTS) is 1. The van der Waals surface area contributed by atoms with Crippen molar-refractivity contribution in [2.24, 2.45) is 5.73 Å². The number of hydrogen-bond donors (Lipinski definition) is 3. The highest BCUT2D eigenvalue weighted by atomic mass is 19.1. The summed E-state index contributed by atoms with van der Waals surface area (Å²) >= 11 is 0. The molecule has 3 heterocycles. The summed E-state index contributed by atoms with van der Waals surface area (Å²) < 4.78 is 27.2. The van der Waals surface area contributed by atoms with Gasteiger partial charge < -0.3 is 29.8 Å². The average Bonchev–Trinajstić information content (AvgIpc) is 3.40. The zero-order chi connectivity index (χ0) is 27.0. The number of carbonyl (C=O) groups is 2. The number of amides is 1. The molecule has 3 aromatic rings. The summed E-state index contributed by atoms with van der Waals surface area (Å²) in [6.07, 6.45) is 2.36. The number of nitrogens with two attached hydrogens (primary N) is 1. The summed E-state index contributed by atoms with van der Waals surface area (Å²) in [4.78, 5) is 38.6. The number of aliphatic carboxylic acids is 1. The second-order valence-corrected chi connectivity index (χ2v) is 9.98. The first-order valence-corrected chi connectivity index (χ1v) is 11.6. The SMILES string of the molecule is COCc1c(F)ccc(N2CC[C@](N)(C(=O)O)C2)c1Cn1cnc2c(NC(=O)OC(C)(C)C)ncnc21. The lowest BCUT2D eigenvalue weighted by molar-refractivity contribution is -0.142. The van der Waals surface area contributed by atoms with Crippen LogP contribution in [0.4, 0.5) is 20.7 Å². The van der Waals surface area contributed by atoms with Gasteiger partial charge in [0, 0.05) is 37.0 Å². The molecule has 1 aliphatic rings.